The maximum Gasteiger partial charge on any atom is 0.330 e. The summed E-state index contributed by atoms with van der Waals surface area (Å²) in [5.74, 6) is -0.296. The number of amides is 1. The molecule has 0 spiro atoms. The van der Waals surface area contributed by atoms with Gasteiger partial charge in [0.25, 0.3) is 5.56 Å². The van der Waals surface area contributed by atoms with E-state index in [0.717, 1.165) is 27.1 Å². The number of likely N-dealkylation sites (N-methyl/N-ethyl adjacent to an activating group) is 1. The summed E-state index contributed by atoms with van der Waals surface area (Å²) in [7, 11) is 4.63. The second-order valence-corrected chi connectivity index (χ2v) is 8.60. The van der Waals surface area contributed by atoms with Crippen molar-refractivity contribution in [2.24, 2.45) is 14.1 Å². The summed E-state index contributed by atoms with van der Waals surface area (Å²) >= 11 is 6.06. The van der Waals surface area contributed by atoms with Gasteiger partial charge in [-0.3, -0.25) is 14.2 Å². The molecule has 4 rings (SSSR count). The second-order valence-electron chi connectivity index (χ2n) is 8.16. The highest BCUT2D eigenvalue weighted by Crippen LogP contribution is 2.26. The van der Waals surface area contributed by atoms with Crippen molar-refractivity contribution in [1.82, 2.24) is 23.8 Å². The molecule has 8 nitrogen and oxygen atoms in total. The molecule has 0 atom stereocenters. The average molecular weight is 490 g/mol. The average Bonchev–Trinajstić information content (AvgIpc) is 3.28. The number of hydrogen-bond donors (Lipinski definition) is 0. The number of rotatable bonds is 6. The van der Waals surface area contributed by atoms with Crippen molar-refractivity contribution in [3.05, 3.63) is 110 Å². The fraction of sp³-hybridized carbons (Fsp3) is 0.154. The summed E-state index contributed by atoms with van der Waals surface area (Å²) < 4.78 is 4.08. The van der Waals surface area contributed by atoms with Gasteiger partial charge in [-0.15, -0.1) is 0 Å². The van der Waals surface area contributed by atoms with E-state index in [2.05, 4.69) is 0 Å². The fourth-order valence-electron chi connectivity index (χ4n) is 3.66. The van der Waals surface area contributed by atoms with Crippen LogP contribution in [0.5, 0.6) is 0 Å². The number of para-hydroxylation sites is 1. The van der Waals surface area contributed by atoms with Crippen LogP contribution in [0.2, 0.25) is 5.02 Å². The van der Waals surface area contributed by atoms with Crippen LogP contribution in [-0.2, 0) is 25.4 Å². The molecule has 35 heavy (non-hydrogen) atoms. The zero-order valence-electron chi connectivity index (χ0n) is 19.6. The van der Waals surface area contributed by atoms with Gasteiger partial charge in [0.05, 0.1) is 16.9 Å². The van der Waals surface area contributed by atoms with Crippen LogP contribution in [0.3, 0.4) is 0 Å². The molecule has 0 N–H and O–H groups in total. The number of nitrogens with zero attached hydrogens (tertiary/aromatic N) is 5. The number of halogens is 1. The third-order valence-electron chi connectivity index (χ3n) is 5.59. The van der Waals surface area contributed by atoms with E-state index in [-0.39, 0.29) is 11.5 Å². The standard InChI is InChI=1S/C26H24ClN5O3/c1-29(23(33)14-11-19-15-30(2)26(35)31(3)25(19)34)16-20-17-32(22-7-5-4-6-8-22)28-24(20)18-9-12-21(27)13-10-18/h4-15,17H,16H2,1-3H3/b14-11+. The van der Waals surface area contributed by atoms with Crippen molar-refractivity contribution in [2.45, 2.75) is 6.54 Å². The van der Waals surface area contributed by atoms with Crippen LogP contribution in [0.25, 0.3) is 23.0 Å². The highest BCUT2D eigenvalue weighted by Gasteiger charge is 2.16. The van der Waals surface area contributed by atoms with Crippen LogP contribution in [0.15, 0.2) is 82.7 Å². The zero-order chi connectivity index (χ0) is 25.1. The van der Waals surface area contributed by atoms with E-state index in [9.17, 15) is 14.4 Å². The molecule has 1 amide bonds. The minimum absolute atomic E-state index is 0.245. The van der Waals surface area contributed by atoms with Crippen LogP contribution in [-0.4, -0.2) is 36.8 Å². The Kier molecular flexibility index (Phi) is 6.84. The summed E-state index contributed by atoms with van der Waals surface area (Å²) in [6, 6.07) is 17.1. The molecule has 2 aromatic carbocycles. The molecule has 9 heteroatoms. The number of aryl methyl sites for hydroxylation is 1. The minimum atomic E-state index is -0.464. The molecule has 0 bridgehead atoms. The Hall–Kier alpha value is -4.17. The zero-order valence-corrected chi connectivity index (χ0v) is 20.3. The topological polar surface area (TPSA) is 82.1 Å². The van der Waals surface area contributed by atoms with Crippen molar-refractivity contribution in [1.29, 1.82) is 0 Å². The number of carbonyl (C=O) groups excluding carboxylic acids is 1. The van der Waals surface area contributed by atoms with E-state index in [1.807, 2.05) is 48.7 Å². The highest BCUT2D eigenvalue weighted by molar-refractivity contribution is 6.30. The van der Waals surface area contributed by atoms with Crippen LogP contribution in [0.1, 0.15) is 11.1 Å². The summed E-state index contributed by atoms with van der Waals surface area (Å²) in [4.78, 5) is 38.6. The van der Waals surface area contributed by atoms with Gasteiger partial charge in [0.1, 0.15) is 0 Å². The lowest BCUT2D eigenvalue weighted by atomic mass is 10.1. The van der Waals surface area contributed by atoms with Gasteiger partial charge in [-0.25, -0.2) is 9.48 Å². The summed E-state index contributed by atoms with van der Waals surface area (Å²) in [5.41, 5.74) is 2.71. The normalized spacial score (nSPS) is 11.2. The largest absolute Gasteiger partial charge is 0.338 e. The molecular weight excluding hydrogens is 466 g/mol. The number of benzene rings is 2. The van der Waals surface area contributed by atoms with Crippen molar-refractivity contribution >= 4 is 23.6 Å². The quantitative estimate of drug-likeness (QED) is 0.389. The van der Waals surface area contributed by atoms with E-state index < -0.39 is 11.2 Å². The molecular formula is C26H24ClN5O3. The monoisotopic (exact) mass is 489 g/mol. The first-order valence-corrected chi connectivity index (χ1v) is 11.2. The van der Waals surface area contributed by atoms with E-state index >= 15 is 0 Å². The molecule has 178 valence electrons. The fourth-order valence-corrected chi connectivity index (χ4v) is 3.79. The maximum atomic E-state index is 12.9. The smallest absolute Gasteiger partial charge is 0.330 e. The van der Waals surface area contributed by atoms with E-state index in [1.54, 1.807) is 30.9 Å². The Morgan fingerprint density at radius 1 is 1.03 bits per heavy atom. The molecule has 0 saturated carbocycles. The van der Waals surface area contributed by atoms with Crippen LogP contribution < -0.4 is 11.2 Å². The predicted octanol–water partition coefficient (Wildman–Crippen LogP) is 3.26. The highest BCUT2D eigenvalue weighted by atomic mass is 35.5. The Morgan fingerprint density at radius 3 is 2.40 bits per heavy atom. The summed E-state index contributed by atoms with van der Waals surface area (Å²) in [6.45, 7) is 0.291. The lowest BCUT2D eigenvalue weighted by Gasteiger charge is -2.15. The maximum absolute atomic E-state index is 12.9. The first kappa shape index (κ1) is 24.0. The van der Waals surface area contributed by atoms with Crippen LogP contribution in [0, 0.1) is 0 Å². The first-order chi connectivity index (χ1) is 16.7. The lowest BCUT2D eigenvalue weighted by Crippen LogP contribution is -2.37. The van der Waals surface area contributed by atoms with Crippen molar-refractivity contribution in [3.8, 4) is 16.9 Å². The minimum Gasteiger partial charge on any atom is -0.338 e. The summed E-state index contributed by atoms with van der Waals surface area (Å²) in [5, 5.41) is 5.39. The van der Waals surface area contributed by atoms with Crippen LogP contribution >= 0.6 is 11.6 Å². The van der Waals surface area contributed by atoms with Gasteiger partial charge in [0.15, 0.2) is 0 Å². The molecule has 0 radical (unpaired) electrons. The van der Waals surface area contributed by atoms with Gasteiger partial charge in [-0.05, 0) is 30.3 Å². The number of carbonyl (C=O) groups is 1. The SMILES string of the molecule is CN(Cc1cn(-c2ccccc2)nc1-c1ccc(Cl)cc1)C(=O)/C=C/c1cn(C)c(=O)n(C)c1=O. The van der Waals surface area contributed by atoms with Crippen molar-refractivity contribution in [3.63, 3.8) is 0 Å². The van der Waals surface area contributed by atoms with Gasteiger partial charge >= 0.3 is 5.69 Å². The van der Waals surface area contributed by atoms with E-state index in [4.69, 9.17) is 16.7 Å². The molecule has 0 unspecified atom stereocenters. The molecule has 0 aliphatic rings. The number of hydrogen-bond acceptors (Lipinski definition) is 4. The van der Waals surface area contributed by atoms with E-state index in [1.165, 1.54) is 34.9 Å². The first-order valence-electron chi connectivity index (χ1n) is 10.8. The third kappa shape index (κ3) is 5.17. The van der Waals surface area contributed by atoms with Crippen molar-refractivity contribution in [2.75, 3.05) is 7.05 Å². The van der Waals surface area contributed by atoms with Gasteiger partial charge in [-0.2, -0.15) is 5.10 Å². The third-order valence-corrected chi connectivity index (χ3v) is 5.84. The predicted molar refractivity (Wildman–Crippen MR) is 136 cm³/mol. The lowest BCUT2D eigenvalue weighted by molar-refractivity contribution is -0.125. The molecule has 0 fully saturated rings. The molecule has 2 aromatic heterocycles. The summed E-state index contributed by atoms with van der Waals surface area (Å²) in [6.07, 6.45) is 6.06. The molecule has 4 aromatic rings. The second kappa shape index (κ2) is 9.99. The van der Waals surface area contributed by atoms with Gasteiger partial charge in [-0.1, -0.05) is 41.9 Å². The van der Waals surface area contributed by atoms with Crippen molar-refractivity contribution < 1.29 is 4.79 Å². The van der Waals surface area contributed by atoms with Gasteiger partial charge in [0.2, 0.25) is 5.91 Å². The van der Waals surface area contributed by atoms with Gasteiger partial charge < -0.3 is 9.47 Å². The number of aromatic nitrogens is 4. The van der Waals surface area contributed by atoms with Crippen LogP contribution in [0.4, 0.5) is 0 Å². The van der Waals surface area contributed by atoms with E-state index in [0.29, 0.717) is 11.6 Å². The Balaban J connectivity index is 1.62. The Morgan fingerprint density at radius 2 is 1.71 bits per heavy atom. The molecule has 0 saturated heterocycles. The Bertz CT molecular complexity index is 1520. The Labute approximate surface area is 206 Å². The molecule has 0 aliphatic carbocycles. The van der Waals surface area contributed by atoms with Gasteiger partial charge in [0, 0.05) is 62.3 Å². The molecule has 2 heterocycles. The molecule has 0 aliphatic heterocycles.